The number of aromatic nitrogens is 2. The summed E-state index contributed by atoms with van der Waals surface area (Å²) in [4.78, 5) is 24.6. The van der Waals surface area contributed by atoms with Crippen molar-refractivity contribution in [1.29, 1.82) is 0 Å². The van der Waals surface area contributed by atoms with Gasteiger partial charge in [-0.1, -0.05) is 29.5 Å². The van der Waals surface area contributed by atoms with Crippen molar-refractivity contribution in [1.82, 2.24) is 19.8 Å². The molecule has 0 aliphatic carbocycles. The number of benzene rings is 1. The van der Waals surface area contributed by atoms with E-state index in [1.807, 2.05) is 0 Å². The van der Waals surface area contributed by atoms with Crippen LogP contribution in [0.5, 0.6) is 0 Å². The second-order valence-electron chi connectivity index (χ2n) is 5.61. The van der Waals surface area contributed by atoms with Crippen molar-refractivity contribution in [3.8, 4) is 0 Å². The van der Waals surface area contributed by atoms with Gasteiger partial charge >= 0.3 is 0 Å². The van der Waals surface area contributed by atoms with Gasteiger partial charge in [0.15, 0.2) is 0 Å². The van der Waals surface area contributed by atoms with Gasteiger partial charge in [0.25, 0.3) is 0 Å². The number of aryl methyl sites for hydroxylation is 1. The zero-order valence-electron chi connectivity index (χ0n) is 13.9. The normalized spacial score (nSPS) is 18.3. The number of anilines is 1. The Morgan fingerprint density at radius 3 is 2.73 bits per heavy atom. The van der Waals surface area contributed by atoms with E-state index in [2.05, 4.69) is 20.8 Å². The second-order valence-corrected chi connectivity index (χ2v) is 8.69. The summed E-state index contributed by atoms with van der Waals surface area (Å²) < 4.78 is 26.8. The fourth-order valence-corrected chi connectivity index (χ4v) is 4.81. The van der Waals surface area contributed by atoms with Crippen LogP contribution in [0.25, 0.3) is 0 Å². The molecule has 138 valence electrons. The summed E-state index contributed by atoms with van der Waals surface area (Å²) in [6, 6.07) is 6.72. The summed E-state index contributed by atoms with van der Waals surface area (Å²) in [6.45, 7) is 2.04. The number of nitrogens with zero attached hydrogens (tertiary/aromatic N) is 3. The fourth-order valence-electron chi connectivity index (χ4n) is 2.60. The van der Waals surface area contributed by atoms with Gasteiger partial charge in [0.2, 0.25) is 27.0 Å². The quantitative estimate of drug-likeness (QED) is 0.754. The highest BCUT2D eigenvalue weighted by Crippen LogP contribution is 2.22. The van der Waals surface area contributed by atoms with Crippen LogP contribution >= 0.6 is 11.3 Å². The molecule has 0 radical (unpaired) electrons. The number of rotatable bonds is 5. The van der Waals surface area contributed by atoms with Crippen LogP contribution in [0, 0.1) is 6.92 Å². The second kappa shape index (κ2) is 7.48. The van der Waals surface area contributed by atoms with Gasteiger partial charge in [0, 0.05) is 13.1 Å². The minimum Gasteiger partial charge on any atom is -0.353 e. The lowest BCUT2D eigenvalue weighted by Gasteiger charge is -2.33. The zero-order chi connectivity index (χ0) is 18.7. The van der Waals surface area contributed by atoms with Gasteiger partial charge in [-0.15, -0.1) is 10.2 Å². The lowest BCUT2D eigenvalue weighted by molar-refractivity contribution is -0.130. The molecule has 2 amide bonds. The first-order valence-corrected chi connectivity index (χ1v) is 10.1. The van der Waals surface area contributed by atoms with Gasteiger partial charge in [0.05, 0.1) is 11.3 Å². The maximum atomic E-state index is 12.9. The zero-order valence-corrected chi connectivity index (χ0v) is 15.5. The van der Waals surface area contributed by atoms with E-state index in [0.717, 1.165) is 4.31 Å². The predicted octanol–water partition coefficient (Wildman–Crippen LogP) is 0.364. The molecular formula is C15H17N5O4S2. The van der Waals surface area contributed by atoms with Crippen LogP contribution in [0.15, 0.2) is 35.2 Å². The Bertz CT molecular complexity index is 913. The molecule has 1 atom stereocenters. The molecule has 0 bridgehead atoms. The summed E-state index contributed by atoms with van der Waals surface area (Å²) in [5, 5.41) is 13.7. The van der Waals surface area contributed by atoms with Crippen molar-refractivity contribution in [3.05, 3.63) is 35.3 Å². The SMILES string of the molecule is Cc1nnc(NC(=O)CC2C(=O)NCCN2S(=O)(=O)c2ccccc2)s1. The molecule has 0 saturated carbocycles. The Balaban J connectivity index is 1.80. The largest absolute Gasteiger partial charge is 0.353 e. The average molecular weight is 395 g/mol. The van der Waals surface area contributed by atoms with E-state index in [1.54, 1.807) is 25.1 Å². The lowest BCUT2D eigenvalue weighted by Crippen LogP contribution is -2.57. The van der Waals surface area contributed by atoms with Gasteiger partial charge in [-0.2, -0.15) is 4.31 Å². The van der Waals surface area contributed by atoms with Gasteiger partial charge in [0.1, 0.15) is 11.0 Å². The molecule has 1 aliphatic heterocycles. The molecule has 1 unspecified atom stereocenters. The molecule has 26 heavy (non-hydrogen) atoms. The van der Waals surface area contributed by atoms with Crippen molar-refractivity contribution < 1.29 is 18.0 Å². The Morgan fingerprint density at radius 2 is 2.08 bits per heavy atom. The molecule has 11 heteroatoms. The molecule has 1 aliphatic rings. The number of carbonyl (C=O) groups is 2. The average Bonchev–Trinajstić information content (AvgIpc) is 3.02. The van der Waals surface area contributed by atoms with Crippen LogP contribution in [0.4, 0.5) is 5.13 Å². The van der Waals surface area contributed by atoms with E-state index in [4.69, 9.17) is 0 Å². The standard InChI is InChI=1S/C15H17N5O4S2/c1-10-18-19-15(25-10)17-13(21)9-12-14(22)16-7-8-20(12)26(23,24)11-5-3-2-4-6-11/h2-6,12H,7-9H2,1H3,(H,16,22)(H,17,19,21). The summed E-state index contributed by atoms with van der Waals surface area (Å²) in [5.74, 6) is -1.00. The molecule has 1 saturated heterocycles. The van der Waals surface area contributed by atoms with Crippen molar-refractivity contribution in [2.24, 2.45) is 0 Å². The Morgan fingerprint density at radius 1 is 1.35 bits per heavy atom. The van der Waals surface area contributed by atoms with Crippen LogP contribution in [0.1, 0.15) is 11.4 Å². The predicted molar refractivity (Wildman–Crippen MR) is 95.0 cm³/mol. The maximum absolute atomic E-state index is 12.9. The van der Waals surface area contributed by atoms with Gasteiger partial charge in [-0.3, -0.25) is 9.59 Å². The van der Waals surface area contributed by atoms with Crippen LogP contribution in [0.2, 0.25) is 0 Å². The van der Waals surface area contributed by atoms with Gasteiger partial charge in [-0.05, 0) is 19.1 Å². The van der Waals surface area contributed by atoms with E-state index >= 15 is 0 Å². The lowest BCUT2D eigenvalue weighted by atomic mass is 10.1. The Labute approximate surface area is 154 Å². The number of sulfonamides is 1. The van der Waals surface area contributed by atoms with Crippen molar-refractivity contribution in [2.45, 2.75) is 24.3 Å². The maximum Gasteiger partial charge on any atom is 0.243 e. The molecule has 1 aromatic carbocycles. The molecular weight excluding hydrogens is 378 g/mol. The van der Waals surface area contributed by atoms with Gasteiger partial charge in [-0.25, -0.2) is 8.42 Å². The van der Waals surface area contributed by atoms with Crippen molar-refractivity contribution in [3.63, 3.8) is 0 Å². The number of hydrogen-bond donors (Lipinski definition) is 2. The number of piperazine rings is 1. The molecule has 2 heterocycles. The van der Waals surface area contributed by atoms with E-state index in [9.17, 15) is 18.0 Å². The highest BCUT2D eigenvalue weighted by molar-refractivity contribution is 7.89. The minimum absolute atomic E-state index is 0.0832. The molecule has 1 aromatic heterocycles. The topological polar surface area (TPSA) is 121 Å². The molecule has 2 N–H and O–H groups in total. The van der Waals surface area contributed by atoms with E-state index in [1.165, 1.54) is 23.5 Å². The first-order valence-electron chi connectivity index (χ1n) is 7.82. The first kappa shape index (κ1) is 18.4. The minimum atomic E-state index is -3.89. The third-order valence-electron chi connectivity index (χ3n) is 3.78. The fraction of sp³-hybridized carbons (Fsp3) is 0.333. The Kier molecular flexibility index (Phi) is 5.30. The highest BCUT2D eigenvalue weighted by atomic mass is 32.2. The van der Waals surface area contributed by atoms with Gasteiger partial charge < -0.3 is 10.6 Å². The Hall–Kier alpha value is -2.37. The van der Waals surface area contributed by atoms with Crippen LogP contribution in [0.3, 0.4) is 0 Å². The number of nitrogens with one attached hydrogen (secondary N) is 2. The molecule has 1 fully saturated rings. The first-order chi connectivity index (χ1) is 12.4. The highest BCUT2D eigenvalue weighted by Gasteiger charge is 2.39. The van der Waals surface area contributed by atoms with E-state index in [-0.39, 0.29) is 24.4 Å². The number of amides is 2. The third kappa shape index (κ3) is 3.89. The van der Waals surface area contributed by atoms with Crippen molar-refractivity contribution in [2.75, 3.05) is 18.4 Å². The van der Waals surface area contributed by atoms with Crippen LogP contribution in [-0.2, 0) is 19.6 Å². The van der Waals surface area contributed by atoms with E-state index in [0.29, 0.717) is 10.1 Å². The van der Waals surface area contributed by atoms with E-state index < -0.39 is 27.9 Å². The number of carbonyl (C=O) groups excluding carboxylic acids is 2. The summed E-state index contributed by atoms with van der Waals surface area (Å²) in [6.07, 6.45) is -0.309. The summed E-state index contributed by atoms with van der Waals surface area (Å²) in [5.41, 5.74) is 0. The number of hydrogen-bond acceptors (Lipinski definition) is 7. The van der Waals surface area contributed by atoms with Crippen LogP contribution in [-0.4, -0.2) is 53.9 Å². The third-order valence-corrected chi connectivity index (χ3v) is 6.46. The monoisotopic (exact) mass is 395 g/mol. The smallest absolute Gasteiger partial charge is 0.243 e. The van der Waals surface area contributed by atoms with Crippen LogP contribution < -0.4 is 10.6 Å². The van der Waals surface area contributed by atoms with Crippen molar-refractivity contribution >= 4 is 38.3 Å². The summed E-state index contributed by atoms with van der Waals surface area (Å²) in [7, 11) is -3.89. The molecule has 2 aromatic rings. The summed E-state index contributed by atoms with van der Waals surface area (Å²) >= 11 is 1.20. The molecule has 3 rings (SSSR count). The molecule has 9 nitrogen and oxygen atoms in total. The molecule has 0 spiro atoms.